The number of H-pyrrole nitrogens is 1. The van der Waals surface area contributed by atoms with Crippen LogP contribution in [0.5, 0.6) is 17.2 Å². The van der Waals surface area contributed by atoms with Gasteiger partial charge < -0.3 is 35.1 Å². The number of amides is 1. The lowest BCUT2D eigenvalue weighted by Gasteiger charge is -2.59. The second-order valence-electron chi connectivity index (χ2n) is 22.2. The van der Waals surface area contributed by atoms with Crippen molar-refractivity contribution in [2.24, 2.45) is 11.3 Å². The summed E-state index contributed by atoms with van der Waals surface area (Å²) in [6.45, 7) is 13.8. The van der Waals surface area contributed by atoms with Gasteiger partial charge in [-0.1, -0.05) is 68.4 Å². The number of aliphatic hydroxyl groups is 1. The highest BCUT2D eigenvalue weighted by Crippen LogP contribution is 2.48. The van der Waals surface area contributed by atoms with Gasteiger partial charge in [-0.2, -0.15) is 0 Å². The van der Waals surface area contributed by atoms with E-state index in [4.69, 9.17) is 9.47 Å². The summed E-state index contributed by atoms with van der Waals surface area (Å²) >= 11 is 0. The van der Waals surface area contributed by atoms with Gasteiger partial charge in [-0.25, -0.2) is 9.37 Å². The van der Waals surface area contributed by atoms with Gasteiger partial charge in [0.05, 0.1) is 33.7 Å². The van der Waals surface area contributed by atoms with Crippen LogP contribution >= 0.6 is 0 Å². The Morgan fingerprint density at radius 2 is 1.74 bits per heavy atom. The number of piperidine rings is 2. The fourth-order valence-electron chi connectivity index (χ4n) is 12.6. The number of nitrogens with zero attached hydrogens (tertiary/aromatic N) is 5. The summed E-state index contributed by atoms with van der Waals surface area (Å²) in [6, 6.07) is 30.7. The maximum Gasteiger partial charge on any atom is 0.296 e. The summed E-state index contributed by atoms with van der Waals surface area (Å²) in [5.41, 5.74) is 6.13. The lowest BCUT2D eigenvalue weighted by molar-refractivity contribution is -0.384. The van der Waals surface area contributed by atoms with Crippen LogP contribution in [0.2, 0.25) is 0 Å². The smallest absolute Gasteiger partial charge is 0.296 e. The zero-order chi connectivity index (χ0) is 50.4. The molecule has 6 heterocycles. The van der Waals surface area contributed by atoms with Crippen LogP contribution in [0.3, 0.4) is 0 Å². The van der Waals surface area contributed by atoms with Crippen molar-refractivity contribution in [3.8, 4) is 17.2 Å². The van der Waals surface area contributed by atoms with E-state index in [1.54, 1.807) is 18.2 Å². The SMILES string of the molecule is CC(C)c1ccccc1[C@H]1CN(Cc2ccccc2)CC[C@H]1N1CC2(CCN(c3ccc(C(=O)NCc4cc5c(c([N+](=O)[O-])c4)N[C@@H]([C@H]4CC[C@](C)(O)CC4)CO5)c(Oc4cnc5[nH]cc(F)c5c4)c3)CC2)C1. The molecule has 0 unspecified atom stereocenters. The third-order valence-electron chi connectivity index (χ3n) is 16.8. The average molecular weight is 991 g/mol. The summed E-state index contributed by atoms with van der Waals surface area (Å²) in [4.78, 5) is 41.2. The van der Waals surface area contributed by atoms with E-state index in [9.17, 15) is 24.4 Å². The Kier molecular flexibility index (Phi) is 13.4. The van der Waals surface area contributed by atoms with Crippen molar-refractivity contribution < 1.29 is 28.7 Å². The largest absolute Gasteiger partial charge is 0.489 e. The van der Waals surface area contributed by atoms with E-state index in [0.29, 0.717) is 60.0 Å². The van der Waals surface area contributed by atoms with Crippen LogP contribution in [0, 0.1) is 27.3 Å². The molecule has 0 bridgehead atoms. The van der Waals surface area contributed by atoms with E-state index in [-0.39, 0.29) is 52.1 Å². The van der Waals surface area contributed by atoms with Gasteiger partial charge in [-0.3, -0.25) is 24.7 Å². The predicted octanol–water partition coefficient (Wildman–Crippen LogP) is 10.5. The van der Waals surface area contributed by atoms with Gasteiger partial charge in [-0.15, -0.1) is 0 Å². The van der Waals surface area contributed by atoms with E-state index < -0.39 is 22.2 Å². The number of aromatic nitrogens is 2. The Morgan fingerprint density at radius 1 is 0.973 bits per heavy atom. The molecule has 1 saturated carbocycles. The molecule has 4 fully saturated rings. The van der Waals surface area contributed by atoms with Gasteiger partial charge in [0.15, 0.2) is 5.69 Å². The first kappa shape index (κ1) is 48.7. The Labute approximate surface area is 426 Å². The summed E-state index contributed by atoms with van der Waals surface area (Å²) in [6.07, 6.45) is 8.91. The van der Waals surface area contributed by atoms with Crippen molar-refractivity contribution in [2.75, 3.05) is 56.1 Å². The van der Waals surface area contributed by atoms with Gasteiger partial charge in [0.2, 0.25) is 0 Å². The second-order valence-corrected chi connectivity index (χ2v) is 22.2. The number of nitro groups is 1. The van der Waals surface area contributed by atoms with E-state index in [1.807, 2.05) is 19.1 Å². The number of ether oxygens (including phenoxy) is 2. The Bertz CT molecular complexity index is 2970. The highest BCUT2D eigenvalue weighted by Gasteiger charge is 2.50. The summed E-state index contributed by atoms with van der Waals surface area (Å²) in [5.74, 6) is 1.11. The first-order valence-electron chi connectivity index (χ1n) is 26.3. The first-order valence-corrected chi connectivity index (χ1v) is 26.3. The molecule has 4 N–H and O–H groups in total. The number of halogens is 1. The van der Waals surface area contributed by atoms with Crippen LogP contribution in [0.15, 0.2) is 103 Å². The maximum atomic E-state index is 14.7. The van der Waals surface area contributed by atoms with E-state index in [0.717, 1.165) is 83.6 Å². The fourth-order valence-corrected chi connectivity index (χ4v) is 12.6. The Hall–Kier alpha value is -6.55. The number of carbonyl (C=O) groups excluding carboxylic acids is 1. The predicted molar refractivity (Wildman–Crippen MR) is 281 cm³/mol. The third kappa shape index (κ3) is 10.2. The quantitative estimate of drug-likeness (QED) is 0.0644. The first-order chi connectivity index (χ1) is 35.3. The number of pyridine rings is 1. The van der Waals surface area contributed by atoms with Crippen molar-refractivity contribution in [2.45, 2.75) is 108 Å². The highest BCUT2D eigenvalue weighted by molar-refractivity contribution is 5.97. The van der Waals surface area contributed by atoms with Gasteiger partial charge in [0.25, 0.3) is 11.6 Å². The molecule has 5 aliphatic rings. The van der Waals surface area contributed by atoms with Gasteiger partial charge >= 0.3 is 0 Å². The van der Waals surface area contributed by atoms with Crippen LogP contribution in [-0.2, 0) is 13.1 Å². The number of benzene rings is 4. The molecule has 3 saturated heterocycles. The van der Waals surface area contributed by atoms with Gasteiger partial charge in [0.1, 0.15) is 35.3 Å². The summed E-state index contributed by atoms with van der Waals surface area (Å²) in [7, 11) is 0. The molecule has 6 aromatic rings. The summed E-state index contributed by atoms with van der Waals surface area (Å²) < 4.78 is 27.3. The van der Waals surface area contributed by atoms with Crippen LogP contribution in [0.1, 0.15) is 110 Å². The van der Waals surface area contributed by atoms with Crippen LogP contribution in [0.25, 0.3) is 11.0 Å². The molecule has 2 aromatic heterocycles. The third-order valence-corrected chi connectivity index (χ3v) is 16.8. The molecule has 4 aliphatic heterocycles. The van der Waals surface area contributed by atoms with Crippen molar-refractivity contribution in [3.63, 3.8) is 0 Å². The lowest BCUT2D eigenvalue weighted by Crippen LogP contribution is -2.65. The molecule has 1 spiro atoms. The van der Waals surface area contributed by atoms with E-state index >= 15 is 0 Å². The molecule has 15 heteroatoms. The number of fused-ring (bicyclic) bond motifs is 2. The molecule has 14 nitrogen and oxygen atoms in total. The highest BCUT2D eigenvalue weighted by atomic mass is 19.1. The Morgan fingerprint density at radius 3 is 2.51 bits per heavy atom. The lowest BCUT2D eigenvalue weighted by atomic mass is 9.69. The zero-order valence-electron chi connectivity index (χ0n) is 42.1. The minimum absolute atomic E-state index is 0.0102. The monoisotopic (exact) mass is 991 g/mol. The molecular formula is C58H67FN8O6. The number of rotatable bonds is 13. The van der Waals surface area contributed by atoms with Crippen molar-refractivity contribution in [1.82, 2.24) is 25.1 Å². The number of nitrogens with one attached hydrogen (secondary N) is 3. The molecule has 73 heavy (non-hydrogen) atoms. The molecule has 382 valence electrons. The topological polar surface area (TPSA) is 161 Å². The van der Waals surface area contributed by atoms with Gasteiger partial charge in [0, 0.05) is 88.3 Å². The number of nitro benzene ring substituents is 1. The Balaban J connectivity index is 0.780. The number of hydrogen-bond donors (Lipinski definition) is 4. The van der Waals surface area contributed by atoms with Crippen LogP contribution in [-0.4, -0.2) is 99.3 Å². The molecule has 11 rings (SSSR count). The van der Waals surface area contributed by atoms with E-state index in [2.05, 4.69) is 104 Å². The average Bonchev–Trinajstić information content (AvgIpc) is 3.76. The van der Waals surface area contributed by atoms with Crippen molar-refractivity contribution >= 4 is 34.0 Å². The van der Waals surface area contributed by atoms with Crippen molar-refractivity contribution in [1.29, 1.82) is 0 Å². The fraction of sp³-hybridized carbons (Fsp3) is 0.448. The number of aromatic amines is 1. The number of hydrogen-bond acceptors (Lipinski definition) is 11. The maximum absolute atomic E-state index is 14.7. The molecular weight excluding hydrogens is 924 g/mol. The molecule has 3 atom stereocenters. The van der Waals surface area contributed by atoms with Crippen LogP contribution in [0.4, 0.5) is 21.5 Å². The molecule has 4 aromatic carbocycles. The second kappa shape index (κ2) is 20.0. The number of carbonyl (C=O) groups is 1. The van der Waals surface area contributed by atoms with Gasteiger partial charge in [-0.05, 0) is 116 Å². The summed E-state index contributed by atoms with van der Waals surface area (Å²) in [5, 5.41) is 29.6. The minimum atomic E-state index is -0.692. The zero-order valence-corrected chi connectivity index (χ0v) is 42.1. The minimum Gasteiger partial charge on any atom is -0.489 e. The molecule has 1 amide bonds. The molecule has 0 radical (unpaired) electrons. The standard InChI is InChI=1S/C58H67FN8O6/c1-37(2)43-11-7-8-12-44(43)47-33-64(32-38-9-5-4-6-10-38)22-17-50(47)66-35-58(36-66)20-23-65(24-21-58)41-13-14-45(52(27-41)73-42-28-46-48(59)31-61-55(46)60-30-42)56(68)62-29-39-25-51(67(70)71)54-53(26-39)72-34-49(63-54)40-15-18-57(3,69)19-16-40/h4-14,25-28,30-31,37,40,47,49-50,63,69H,15-24,29,32-36H2,1-3H3,(H,60,61)(H,62,68)/t40-,47-,49-,50-,57-/m1/s1. The normalized spacial score (nSPS) is 24.1. The number of anilines is 2. The number of likely N-dealkylation sites (tertiary alicyclic amines) is 2. The van der Waals surface area contributed by atoms with Crippen molar-refractivity contribution in [3.05, 3.63) is 147 Å². The molecule has 1 aliphatic carbocycles. The van der Waals surface area contributed by atoms with Crippen LogP contribution < -0.4 is 25.0 Å². The van der Waals surface area contributed by atoms with E-state index in [1.165, 1.54) is 35.2 Å².